The Bertz CT molecular complexity index is 986. The Morgan fingerprint density at radius 2 is 2.00 bits per heavy atom. The number of benzene rings is 1. The Kier molecular flexibility index (Phi) is 6.60. The molecule has 1 fully saturated rings. The summed E-state index contributed by atoms with van der Waals surface area (Å²) in [6.07, 6.45) is 7.00. The van der Waals surface area contributed by atoms with Crippen LogP contribution in [0.15, 0.2) is 39.9 Å². The van der Waals surface area contributed by atoms with E-state index >= 15 is 0 Å². The average Bonchev–Trinajstić information content (AvgIpc) is 3.33. The van der Waals surface area contributed by atoms with Crippen molar-refractivity contribution in [2.24, 2.45) is 5.92 Å². The molecule has 2 aromatic rings. The standard InChI is InChI=1S/C23H30N2O3S2/c1-2-21(19-12-11-17-7-3-4-8-18(17)15-19)24-23(26)20-9-5-13-25(16-20)30(27,28)22-10-6-14-29-22/h6,10-12,14-15,20-21H,2-5,7-9,13,16H2,1H3,(H,24,26)/t20-,21-/m1/s1. The van der Waals surface area contributed by atoms with Crippen molar-refractivity contribution in [1.29, 1.82) is 0 Å². The van der Waals surface area contributed by atoms with E-state index in [4.69, 9.17) is 0 Å². The molecule has 1 saturated heterocycles. The molecule has 1 aromatic heterocycles. The molecule has 30 heavy (non-hydrogen) atoms. The van der Waals surface area contributed by atoms with Gasteiger partial charge in [-0.2, -0.15) is 4.31 Å². The molecule has 1 amide bonds. The minimum atomic E-state index is -3.51. The zero-order valence-electron chi connectivity index (χ0n) is 17.5. The highest BCUT2D eigenvalue weighted by Crippen LogP contribution is 2.29. The number of sulfonamides is 1. The van der Waals surface area contributed by atoms with Crippen LogP contribution < -0.4 is 5.32 Å². The van der Waals surface area contributed by atoms with Gasteiger partial charge in [0, 0.05) is 13.1 Å². The van der Waals surface area contributed by atoms with E-state index in [-0.39, 0.29) is 24.4 Å². The van der Waals surface area contributed by atoms with Crippen LogP contribution in [0.4, 0.5) is 0 Å². The highest BCUT2D eigenvalue weighted by molar-refractivity contribution is 7.91. The van der Waals surface area contributed by atoms with Crippen LogP contribution in [-0.4, -0.2) is 31.7 Å². The second-order valence-corrected chi connectivity index (χ2v) is 11.5. The number of thiophene rings is 1. The van der Waals surface area contributed by atoms with Crippen molar-refractivity contribution < 1.29 is 13.2 Å². The lowest BCUT2D eigenvalue weighted by Crippen LogP contribution is -2.45. The smallest absolute Gasteiger partial charge is 0.252 e. The predicted molar refractivity (Wildman–Crippen MR) is 120 cm³/mol. The van der Waals surface area contributed by atoms with Crippen molar-refractivity contribution in [1.82, 2.24) is 9.62 Å². The molecule has 0 unspecified atom stereocenters. The summed E-state index contributed by atoms with van der Waals surface area (Å²) in [6.45, 7) is 2.82. The number of amides is 1. The van der Waals surface area contributed by atoms with Gasteiger partial charge in [-0.1, -0.05) is 31.2 Å². The topological polar surface area (TPSA) is 66.5 Å². The van der Waals surface area contributed by atoms with Crippen LogP contribution in [-0.2, 0) is 27.7 Å². The van der Waals surface area contributed by atoms with E-state index in [0.29, 0.717) is 17.2 Å². The van der Waals surface area contributed by atoms with Gasteiger partial charge in [-0.15, -0.1) is 11.3 Å². The summed E-state index contributed by atoms with van der Waals surface area (Å²) < 4.78 is 27.5. The van der Waals surface area contributed by atoms with Crippen LogP contribution in [0.2, 0.25) is 0 Å². The molecule has 0 bridgehead atoms. The first kappa shape index (κ1) is 21.5. The number of hydrogen-bond donors (Lipinski definition) is 1. The first-order valence-electron chi connectivity index (χ1n) is 10.9. The van der Waals surface area contributed by atoms with E-state index in [1.165, 1.54) is 39.6 Å². The lowest BCUT2D eigenvalue weighted by Gasteiger charge is -2.32. The van der Waals surface area contributed by atoms with Crippen LogP contribution in [0.3, 0.4) is 0 Å². The summed E-state index contributed by atoms with van der Waals surface area (Å²) in [4.78, 5) is 13.1. The molecule has 0 radical (unpaired) electrons. The molecule has 2 heterocycles. The van der Waals surface area contributed by atoms with Crippen molar-refractivity contribution in [3.63, 3.8) is 0 Å². The molecule has 2 aliphatic rings. The number of nitrogens with zero attached hydrogens (tertiary/aromatic N) is 1. The largest absolute Gasteiger partial charge is 0.349 e. The van der Waals surface area contributed by atoms with E-state index in [1.807, 2.05) is 0 Å². The van der Waals surface area contributed by atoms with Gasteiger partial charge in [-0.05, 0) is 73.1 Å². The van der Waals surface area contributed by atoms with E-state index in [1.54, 1.807) is 17.5 Å². The van der Waals surface area contributed by atoms with Crippen molar-refractivity contribution in [3.8, 4) is 0 Å². The van der Waals surface area contributed by atoms with Crippen molar-refractivity contribution in [2.45, 2.75) is 62.1 Å². The number of aryl methyl sites for hydroxylation is 2. The van der Waals surface area contributed by atoms with Crippen LogP contribution in [0, 0.1) is 5.92 Å². The SMILES string of the molecule is CC[C@@H](NC(=O)[C@@H]1CCCN(S(=O)(=O)c2cccs2)C1)c1ccc2c(c1)CCCC2. The number of hydrogen-bond acceptors (Lipinski definition) is 4. The second-order valence-electron chi connectivity index (χ2n) is 8.34. The fourth-order valence-corrected chi connectivity index (χ4v) is 7.26. The van der Waals surface area contributed by atoms with Crippen LogP contribution >= 0.6 is 11.3 Å². The molecule has 1 N–H and O–H groups in total. The van der Waals surface area contributed by atoms with Gasteiger partial charge in [0.05, 0.1) is 12.0 Å². The first-order valence-corrected chi connectivity index (χ1v) is 13.3. The predicted octanol–water partition coefficient (Wildman–Crippen LogP) is 4.30. The Hall–Kier alpha value is -1.70. The maximum atomic E-state index is 13.1. The van der Waals surface area contributed by atoms with Crippen LogP contribution in [0.25, 0.3) is 0 Å². The van der Waals surface area contributed by atoms with Gasteiger partial charge in [0.2, 0.25) is 5.91 Å². The number of carbonyl (C=O) groups excluding carboxylic acids is 1. The lowest BCUT2D eigenvalue weighted by molar-refractivity contribution is -0.126. The van der Waals surface area contributed by atoms with Gasteiger partial charge < -0.3 is 5.32 Å². The summed E-state index contributed by atoms with van der Waals surface area (Å²) in [6, 6.07) is 9.97. The summed E-state index contributed by atoms with van der Waals surface area (Å²) in [5, 5.41) is 4.98. The second kappa shape index (κ2) is 9.20. The van der Waals surface area contributed by atoms with Gasteiger partial charge >= 0.3 is 0 Å². The van der Waals surface area contributed by atoms with Crippen molar-refractivity contribution >= 4 is 27.3 Å². The quantitative estimate of drug-likeness (QED) is 0.720. The molecule has 1 aliphatic carbocycles. The average molecular weight is 447 g/mol. The molecule has 4 rings (SSSR count). The third kappa shape index (κ3) is 4.48. The minimum Gasteiger partial charge on any atom is -0.349 e. The monoisotopic (exact) mass is 446 g/mol. The number of rotatable bonds is 6. The highest BCUT2D eigenvalue weighted by Gasteiger charge is 2.34. The first-order chi connectivity index (χ1) is 14.5. The highest BCUT2D eigenvalue weighted by atomic mass is 32.2. The van der Waals surface area contributed by atoms with E-state index in [2.05, 4.69) is 30.4 Å². The number of carbonyl (C=O) groups is 1. The van der Waals surface area contributed by atoms with Gasteiger partial charge in [0.1, 0.15) is 4.21 Å². The van der Waals surface area contributed by atoms with Crippen molar-refractivity contribution in [3.05, 3.63) is 52.4 Å². The molecular formula is C23H30N2O3S2. The molecular weight excluding hydrogens is 416 g/mol. The third-order valence-corrected chi connectivity index (χ3v) is 9.58. The van der Waals surface area contributed by atoms with Gasteiger partial charge in [0.25, 0.3) is 10.0 Å². The van der Waals surface area contributed by atoms with Gasteiger partial charge in [-0.3, -0.25) is 4.79 Å². The maximum Gasteiger partial charge on any atom is 0.252 e. The molecule has 162 valence electrons. The molecule has 1 aromatic carbocycles. The Labute approximate surface area is 183 Å². The normalized spacial score (nSPS) is 21.0. The van der Waals surface area contributed by atoms with E-state index in [9.17, 15) is 13.2 Å². The third-order valence-electron chi connectivity index (χ3n) is 6.34. The Morgan fingerprint density at radius 1 is 1.20 bits per heavy atom. The molecule has 1 aliphatic heterocycles. The number of nitrogens with one attached hydrogen (secondary N) is 1. The molecule has 7 heteroatoms. The number of piperidine rings is 1. The zero-order chi connectivity index (χ0) is 21.1. The summed E-state index contributed by atoms with van der Waals surface area (Å²) in [5.74, 6) is -0.342. The van der Waals surface area contributed by atoms with E-state index in [0.717, 1.165) is 31.2 Å². The van der Waals surface area contributed by atoms with Crippen LogP contribution in [0.1, 0.15) is 61.8 Å². The lowest BCUT2D eigenvalue weighted by atomic mass is 9.88. The molecule has 0 spiro atoms. The maximum absolute atomic E-state index is 13.1. The summed E-state index contributed by atoms with van der Waals surface area (Å²) >= 11 is 1.23. The molecule has 0 saturated carbocycles. The summed E-state index contributed by atoms with van der Waals surface area (Å²) in [5.41, 5.74) is 4.01. The van der Waals surface area contributed by atoms with Gasteiger partial charge in [0.15, 0.2) is 0 Å². The summed E-state index contributed by atoms with van der Waals surface area (Å²) in [7, 11) is -3.51. The fourth-order valence-electron chi connectivity index (χ4n) is 4.59. The Morgan fingerprint density at radius 3 is 2.73 bits per heavy atom. The van der Waals surface area contributed by atoms with Gasteiger partial charge in [-0.25, -0.2) is 8.42 Å². The number of fused-ring (bicyclic) bond motifs is 1. The van der Waals surface area contributed by atoms with Crippen molar-refractivity contribution in [2.75, 3.05) is 13.1 Å². The minimum absolute atomic E-state index is 0.0333. The molecule has 2 atom stereocenters. The molecule has 5 nitrogen and oxygen atoms in total. The fraction of sp³-hybridized carbons (Fsp3) is 0.522. The zero-order valence-corrected chi connectivity index (χ0v) is 19.1. The van der Waals surface area contributed by atoms with Crippen LogP contribution in [0.5, 0.6) is 0 Å². The van der Waals surface area contributed by atoms with E-state index < -0.39 is 10.0 Å². The Balaban J connectivity index is 1.44.